The average Bonchev–Trinajstić information content (AvgIpc) is 2.03. The van der Waals surface area contributed by atoms with Crippen LogP contribution in [0.2, 0.25) is 0 Å². The Kier molecular flexibility index (Phi) is 1.96. The third kappa shape index (κ3) is 1.41. The smallest absolute Gasteiger partial charge is 0.110 e. The minimum Gasteiger partial charge on any atom is -0.110 e. The van der Waals surface area contributed by atoms with Gasteiger partial charge in [-0.1, -0.05) is 37.5 Å². The second kappa shape index (κ2) is 2.97. The van der Waals surface area contributed by atoms with Crippen LogP contribution in [0.5, 0.6) is 0 Å². The minimum absolute atomic E-state index is 0.623. The highest BCUT2D eigenvalue weighted by atomic mass is 14.1. The summed E-state index contributed by atoms with van der Waals surface area (Å²) in [6, 6.07) is 0. The van der Waals surface area contributed by atoms with Gasteiger partial charge in [0.15, 0.2) is 0 Å². The number of allylic oxidation sites excluding steroid dienone is 4. The first kappa shape index (κ1) is 7.91. The van der Waals surface area contributed by atoms with E-state index in [-0.39, 0.29) is 0 Å². The van der Waals surface area contributed by atoms with E-state index in [4.69, 9.17) is 0 Å². The van der Waals surface area contributed by atoms with Crippen LogP contribution in [-0.4, -0.2) is 6.71 Å². The highest BCUT2D eigenvalue weighted by molar-refractivity contribution is 6.76. The van der Waals surface area contributed by atoms with Gasteiger partial charge in [-0.3, -0.25) is 0 Å². The maximum atomic E-state index is 2.42. The van der Waals surface area contributed by atoms with Gasteiger partial charge in [0, 0.05) is 0 Å². The van der Waals surface area contributed by atoms with Gasteiger partial charge in [0.05, 0.1) is 0 Å². The fourth-order valence-corrected chi connectivity index (χ4v) is 2.06. The van der Waals surface area contributed by atoms with E-state index in [9.17, 15) is 0 Å². The lowest BCUT2D eigenvalue weighted by Gasteiger charge is -2.23. The molecule has 0 radical (unpaired) electrons. The summed E-state index contributed by atoms with van der Waals surface area (Å²) in [5, 5.41) is 0. The molecule has 0 spiro atoms. The molecular formula is C11H15B. The van der Waals surface area contributed by atoms with Gasteiger partial charge in [-0.05, 0) is 18.3 Å². The van der Waals surface area contributed by atoms with Crippen molar-refractivity contribution in [1.82, 2.24) is 0 Å². The molecule has 2 rings (SSSR count). The van der Waals surface area contributed by atoms with Gasteiger partial charge in [-0.15, -0.1) is 12.0 Å². The lowest BCUT2D eigenvalue weighted by Crippen LogP contribution is -2.21. The third-order valence-electron chi connectivity index (χ3n) is 2.73. The van der Waals surface area contributed by atoms with Gasteiger partial charge in [0.2, 0.25) is 6.71 Å². The van der Waals surface area contributed by atoms with Gasteiger partial charge < -0.3 is 0 Å². The lowest BCUT2D eigenvalue weighted by molar-refractivity contribution is 0.720. The molecule has 2 atom stereocenters. The quantitative estimate of drug-likeness (QED) is 0.475. The van der Waals surface area contributed by atoms with Gasteiger partial charge in [-0.2, -0.15) is 0 Å². The van der Waals surface area contributed by atoms with Crippen LogP contribution in [0.15, 0.2) is 35.7 Å². The van der Waals surface area contributed by atoms with Crippen LogP contribution in [0, 0.1) is 11.8 Å². The molecule has 0 fully saturated rings. The van der Waals surface area contributed by atoms with Crippen LogP contribution < -0.4 is 0 Å². The normalized spacial score (nSPS) is 33.2. The summed E-state index contributed by atoms with van der Waals surface area (Å²) >= 11 is 0. The van der Waals surface area contributed by atoms with Crippen molar-refractivity contribution < 1.29 is 0 Å². The SMILES string of the molecule is CC1C=CB2C=CC(C)CC2=C1. The molecule has 0 N–H and O–H groups in total. The Balaban J connectivity index is 2.25. The average molecular weight is 158 g/mol. The lowest BCUT2D eigenvalue weighted by atomic mass is 9.39. The fourth-order valence-electron chi connectivity index (χ4n) is 2.06. The largest absolute Gasteiger partial charge is 0.220 e. The summed E-state index contributed by atoms with van der Waals surface area (Å²) in [5.41, 5.74) is 1.63. The summed E-state index contributed by atoms with van der Waals surface area (Å²) < 4.78 is 0. The zero-order chi connectivity index (χ0) is 8.55. The molecule has 0 aromatic rings. The Labute approximate surface area is 75.1 Å². The molecule has 12 heavy (non-hydrogen) atoms. The molecule has 0 saturated carbocycles. The predicted molar refractivity (Wildman–Crippen MR) is 55.1 cm³/mol. The standard InChI is InChI=1S/C11H15B/c1-9-3-5-12-6-4-10(2)8-11(12)7-9/h3-7,9-10H,8H2,1-2H3. The van der Waals surface area contributed by atoms with E-state index in [2.05, 4.69) is 44.0 Å². The van der Waals surface area contributed by atoms with Crippen molar-refractivity contribution >= 4 is 6.71 Å². The Hall–Kier alpha value is -0.715. The number of fused-ring (bicyclic) bond motifs is 1. The molecule has 0 aromatic carbocycles. The van der Waals surface area contributed by atoms with Crippen LogP contribution >= 0.6 is 0 Å². The molecule has 1 heteroatoms. The monoisotopic (exact) mass is 158 g/mol. The Morgan fingerprint density at radius 1 is 1.25 bits per heavy atom. The van der Waals surface area contributed by atoms with Crippen LogP contribution in [0.1, 0.15) is 20.3 Å². The number of hydrogen-bond acceptors (Lipinski definition) is 0. The van der Waals surface area contributed by atoms with Gasteiger partial charge in [0.25, 0.3) is 0 Å². The molecule has 0 bridgehead atoms. The summed E-state index contributed by atoms with van der Waals surface area (Å²) in [7, 11) is 0. The van der Waals surface area contributed by atoms with E-state index < -0.39 is 0 Å². The maximum Gasteiger partial charge on any atom is 0.220 e. The first-order chi connectivity index (χ1) is 5.75. The summed E-state index contributed by atoms with van der Waals surface area (Å²) in [4.78, 5) is 0. The van der Waals surface area contributed by atoms with Crippen molar-refractivity contribution in [3.63, 3.8) is 0 Å². The van der Waals surface area contributed by atoms with Crippen molar-refractivity contribution in [3.05, 3.63) is 35.7 Å². The first-order valence-electron chi connectivity index (χ1n) is 4.83. The van der Waals surface area contributed by atoms with E-state index in [0.717, 1.165) is 5.92 Å². The molecular weight excluding hydrogens is 143 g/mol. The molecule has 0 aromatic heterocycles. The minimum atomic E-state index is 0.623. The molecule has 0 amide bonds. The van der Waals surface area contributed by atoms with E-state index >= 15 is 0 Å². The van der Waals surface area contributed by atoms with Crippen molar-refractivity contribution in [3.8, 4) is 0 Å². The summed E-state index contributed by atoms with van der Waals surface area (Å²) in [5.74, 6) is 6.06. The van der Waals surface area contributed by atoms with Gasteiger partial charge in [0.1, 0.15) is 0 Å². The molecule has 2 aliphatic heterocycles. The van der Waals surface area contributed by atoms with Crippen molar-refractivity contribution in [1.29, 1.82) is 0 Å². The topological polar surface area (TPSA) is 0 Å². The molecule has 2 unspecified atom stereocenters. The summed E-state index contributed by atoms with van der Waals surface area (Å²) in [6.45, 7) is 5.16. The van der Waals surface area contributed by atoms with Crippen molar-refractivity contribution in [2.45, 2.75) is 20.3 Å². The van der Waals surface area contributed by atoms with Crippen LogP contribution in [0.3, 0.4) is 0 Å². The van der Waals surface area contributed by atoms with E-state index in [0.29, 0.717) is 12.6 Å². The second-order valence-electron chi connectivity index (χ2n) is 4.08. The highest BCUT2D eigenvalue weighted by Gasteiger charge is 2.21. The molecule has 0 saturated heterocycles. The number of rotatable bonds is 0. The zero-order valence-electron chi connectivity index (χ0n) is 7.83. The fraction of sp³-hybridized carbons (Fsp3) is 0.455. The van der Waals surface area contributed by atoms with E-state index in [1.807, 2.05) is 0 Å². The summed E-state index contributed by atoms with van der Waals surface area (Å²) in [6.07, 6.45) is 8.32. The van der Waals surface area contributed by atoms with Gasteiger partial charge >= 0.3 is 0 Å². The number of hydrogen-bond donors (Lipinski definition) is 0. The van der Waals surface area contributed by atoms with Crippen LogP contribution in [-0.2, 0) is 0 Å². The van der Waals surface area contributed by atoms with Gasteiger partial charge in [-0.25, -0.2) is 0 Å². The zero-order valence-corrected chi connectivity index (χ0v) is 7.83. The van der Waals surface area contributed by atoms with Crippen LogP contribution in [0.4, 0.5) is 0 Å². The van der Waals surface area contributed by atoms with E-state index in [1.54, 1.807) is 5.47 Å². The molecule has 2 heterocycles. The Bertz CT molecular complexity index is 260. The predicted octanol–water partition coefficient (Wildman–Crippen LogP) is 2.83. The third-order valence-corrected chi connectivity index (χ3v) is 2.73. The van der Waals surface area contributed by atoms with Crippen LogP contribution in [0.25, 0.3) is 0 Å². The molecule has 62 valence electrons. The second-order valence-corrected chi connectivity index (χ2v) is 4.08. The van der Waals surface area contributed by atoms with E-state index in [1.165, 1.54) is 6.42 Å². The maximum absolute atomic E-state index is 2.42. The van der Waals surface area contributed by atoms with Crippen molar-refractivity contribution in [2.75, 3.05) is 0 Å². The molecule has 0 nitrogen and oxygen atoms in total. The first-order valence-corrected chi connectivity index (χ1v) is 4.83. The van der Waals surface area contributed by atoms with Crippen molar-refractivity contribution in [2.24, 2.45) is 11.8 Å². The molecule has 0 aliphatic carbocycles. The Morgan fingerprint density at radius 3 is 2.83 bits per heavy atom. The molecule has 2 aliphatic rings. The highest BCUT2D eigenvalue weighted by Crippen LogP contribution is 2.26. The Morgan fingerprint density at radius 2 is 2.00 bits per heavy atom.